The molecule has 1 heterocycles. The first-order chi connectivity index (χ1) is 8.13. The molecule has 17 heavy (non-hydrogen) atoms. The third kappa shape index (κ3) is 2.24. The molecular formula is C14H19N3. The summed E-state index contributed by atoms with van der Waals surface area (Å²) in [4.78, 5) is 4.60. The predicted octanol–water partition coefficient (Wildman–Crippen LogP) is 2.42. The third-order valence-corrected chi connectivity index (χ3v) is 3.06. The zero-order valence-electron chi connectivity index (χ0n) is 10.9. The van der Waals surface area contributed by atoms with Crippen molar-refractivity contribution >= 4 is 0 Å². The van der Waals surface area contributed by atoms with Crippen molar-refractivity contribution in [3.8, 4) is 11.3 Å². The highest BCUT2D eigenvalue weighted by Gasteiger charge is 2.13. The molecule has 0 saturated heterocycles. The van der Waals surface area contributed by atoms with Gasteiger partial charge in [-0.25, -0.2) is 4.98 Å². The quantitative estimate of drug-likeness (QED) is 0.876. The van der Waals surface area contributed by atoms with Gasteiger partial charge in [0.15, 0.2) is 0 Å². The van der Waals surface area contributed by atoms with Crippen LogP contribution in [0, 0.1) is 13.8 Å². The minimum atomic E-state index is 0.797. The van der Waals surface area contributed by atoms with E-state index >= 15 is 0 Å². The molecule has 0 spiro atoms. The summed E-state index contributed by atoms with van der Waals surface area (Å²) in [5.74, 6) is 1.05. The lowest BCUT2D eigenvalue weighted by atomic mass is 10.1. The zero-order valence-corrected chi connectivity index (χ0v) is 10.9. The Kier molecular flexibility index (Phi) is 3.29. The fraction of sp³-hybridized carbons (Fsp3) is 0.357. The van der Waals surface area contributed by atoms with Gasteiger partial charge in [0.25, 0.3) is 0 Å². The van der Waals surface area contributed by atoms with E-state index in [0.717, 1.165) is 18.1 Å². The maximum Gasteiger partial charge on any atom is 0.106 e. The molecule has 0 fully saturated rings. The fourth-order valence-corrected chi connectivity index (χ4v) is 2.04. The molecule has 3 heteroatoms. The molecule has 3 nitrogen and oxygen atoms in total. The minimum absolute atomic E-state index is 0.797. The molecule has 0 unspecified atom stereocenters. The van der Waals surface area contributed by atoms with Crippen LogP contribution in [0.3, 0.4) is 0 Å². The summed E-state index contributed by atoms with van der Waals surface area (Å²) in [6.07, 6.45) is 0. The predicted molar refractivity (Wildman–Crippen MR) is 70.9 cm³/mol. The van der Waals surface area contributed by atoms with Crippen molar-refractivity contribution in [2.45, 2.75) is 20.4 Å². The fourth-order valence-electron chi connectivity index (χ4n) is 2.04. The van der Waals surface area contributed by atoms with Crippen LogP contribution in [0.25, 0.3) is 11.3 Å². The van der Waals surface area contributed by atoms with Gasteiger partial charge in [0, 0.05) is 19.2 Å². The van der Waals surface area contributed by atoms with Crippen molar-refractivity contribution in [3.63, 3.8) is 0 Å². The van der Waals surface area contributed by atoms with Crippen LogP contribution in [0.4, 0.5) is 0 Å². The number of nitrogens with one attached hydrogen (secondary N) is 1. The largest absolute Gasteiger partial charge is 0.331 e. The summed E-state index contributed by atoms with van der Waals surface area (Å²) in [5, 5.41) is 3.17. The topological polar surface area (TPSA) is 29.9 Å². The van der Waals surface area contributed by atoms with Crippen molar-refractivity contribution in [2.24, 2.45) is 7.05 Å². The summed E-state index contributed by atoms with van der Waals surface area (Å²) in [6, 6.07) is 8.59. The van der Waals surface area contributed by atoms with Crippen molar-refractivity contribution < 1.29 is 0 Å². The number of imidazole rings is 1. The van der Waals surface area contributed by atoms with Crippen molar-refractivity contribution in [1.29, 1.82) is 0 Å². The number of hydrogen-bond donors (Lipinski definition) is 1. The molecule has 0 atom stereocenters. The van der Waals surface area contributed by atoms with Crippen LogP contribution in [0.1, 0.15) is 17.1 Å². The number of aromatic nitrogens is 2. The number of hydrogen-bond acceptors (Lipinski definition) is 2. The van der Waals surface area contributed by atoms with Crippen molar-refractivity contribution in [1.82, 2.24) is 14.9 Å². The maximum atomic E-state index is 4.60. The molecule has 0 bridgehead atoms. The highest BCUT2D eigenvalue weighted by molar-refractivity contribution is 5.63. The minimum Gasteiger partial charge on any atom is -0.331 e. The highest BCUT2D eigenvalue weighted by Crippen LogP contribution is 2.24. The van der Waals surface area contributed by atoms with Gasteiger partial charge in [0.1, 0.15) is 5.82 Å². The van der Waals surface area contributed by atoms with Crippen LogP contribution in [0.15, 0.2) is 24.3 Å². The smallest absolute Gasteiger partial charge is 0.106 e. The van der Waals surface area contributed by atoms with Gasteiger partial charge in [-0.3, -0.25) is 0 Å². The van der Waals surface area contributed by atoms with Crippen LogP contribution in [-0.2, 0) is 13.6 Å². The Morgan fingerprint density at radius 2 is 1.82 bits per heavy atom. The zero-order chi connectivity index (χ0) is 12.4. The highest BCUT2D eigenvalue weighted by atomic mass is 15.1. The molecule has 1 N–H and O–H groups in total. The molecule has 0 radical (unpaired) electrons. The average molecular weight is 229 g/mol. The van der Waals surface area contributed by atoms with Crippen molar-refractivity contribution in [2.75, 3.05) is 7.05 Å². The van der Waals surface area contributed by atoms with Gasteiger partial charge >= 0.3 is 0 Å². The van der Waals surface area contributed by atoms with E-state index in [1.54, 1.807) is 0 Å². The van der Waals surface area contributed by atoms with Gasteiger partial charge < -0.3 is 9.88 Å². The molecule has 0 aliphatic rings. The summed E-state index contributed by atoms with van der Waals surface area (Å²) >= 11 is 0. The molecule has 90 valence electrons. The molecule has 0 saturated carbocycles. The lowest BCUT2D eigenvalue weighted by Crippen LogP contribution is -2.07. The van der Waals surface area contributed by atoms with E-state index in [2.05, 4.69) is 53.1 Å². The lowest BCUT2D eigenvalue weighted by molar-refractivity contribution is 0.796. The summed E-state index contributed by atoms with van der Waals surface area (Å²) in [7, 11) is 4.01. The second kappa shape index (κ2) is 4.72. The molecule has 0 aliphatic heterocycles. The van der Waals surface area contributed by atoms with E-state index in [-0.39, 0.29) is 0 Å². The monoisotopic (exact) mass is 229 g/mol. The Labute approximate surface area is 103 Å². The molecule has 1 aromatic carbocycles. The Morgan fingerprint density at radius 1 is 1.18 bits per heavy atom. The molecule has 1 aromatic heterocycles. The van der Waals surface area contributed by atoms with Crippen LogP contribution in [0.2, 0.25) is 0 Å². The van der Waals surface area contributed by atoms with Crippen LogP contribution >= 0.6 is 0 Å². The summed E-state index contributed by atoms with van der Waals surface area (Å²) < 4.78 is 2.15. The normalized spacial score (nSPS) is 10.8. The molecule has 2 rings (SSSR count). The standard InChI is InChI=1S/C14H19N3/c1-10-5-7-12(8-6-10)14-13(9-15-3)16-11(2)17(14)4/h5-8,15H,9H2,1-4H3. The Balaban J connectivity index is 2.53. The number of aryl methyl sites for hydroxylation is 2. The summed E-state index contributed by atoms with van der Waals surface area (Å²) in [5.41, 5.74) is 4.82. The van der Waals surface area contributed by atoms with E-state index in [9.17, 15) is 0 Å². The number of rotatable bonds is 3. The van der Waals surface area contributed by atoms with E-state index in [1.165, 1.54) is 16.8 Å². The number of benzene rings is 1. The molecule has 0 amide bonds. The van der Waals surface area contributed by atoms with Gasteiger partial charge in [-0.05, 0) is 20.9 Å². The first-order valence-corrected chi connectivity index (χ1v) is 5.87. The average Bonchev–Trinajstić information content (AvgIpc) is 2.57. The molecule has 2 aromatic rings. The van der Waals surface area contributed by atoms with E-state index in [1.807, 2.05) is 14.0 Å². The SMILES string of the molecule is CNCc1nc(C)n(C)c1-c1ccc(C)cc1. The van der Waals surface area contributed by atoms with Crippen molar-refractivity contribution in [3.05, 3.63) is 41.3 Å². The molecule has 0 aliphatic carbocycles. The van der Waals surface area contributed by atoms with Crippen LogP contribution < -0.4 is 5.32 Å². The van der Waals surface area contributed by atoms with Gasteiger partial charge in [-0.15, -0.1) is 0 Å². The number of nitrogens with zero attached hydrogens (tertiary/aromatic N) is 2. The third-order valence-electron chi connectivity index (χ3n) is 3.06. The van der Waals surface area contributed by atoms with E-state index in [0.29, 0.717) is 0 Å². The Hall–Kier alpha value is -1.61. The maximum absolute atomic E-state index is 4.60. The van der Waals surface area contributed by atoms with Gasteiger partial charge in [0.2, 0.25) is 0 Å². The van der Waals surface area contributed by atoms with Crippen LogP contribution in [-0.4, -0.2) is 16.6 Å². The Bertz CT molecular complexity index is 509. The second-order valence-electron chi connectivity index (χ2n) is 4.41. The molecular weight excluding hydrogens is 210 g/mol. The van der Waals surface area contributed by atoms with Gasteiger partial charge in [-0.1, -0.05) is 29.8 Å². The first-order valence-electron chi connectivity index (χ1n) is 5.87. The van der Waals surface area contributed by atoms with Crippen LogP contribution in [0.5, 0.6) is 0 Å². The summed E-state index contributed by atoms with van der Waals surface area (Å²) in [6.45, 7) is 4.94. The second-order valence-corrected chi connectivity index (χ2v) is 4.41. The van der Waals surface area contributed by atoms with E-state index in [4.69, 9.17) is 0 Å². The van der Waals surface area contributed by atoms with E-state index < -0.39 is 0 Å². The Morgan fingerprint density at radius 3 is 2.41 bits per heavy atom. The lowest BCUT2D eigenvalue weighted by Gasteiger charge is -2.07. The first kappa shape index (κ1) is 11.9. The van der Waals surface area contributed by atoms with Gasteiger partial charge in [-0.2, -0.15) is 0 Å². The van der Waals surface area contributed by atoms with Gasteiger partial charge in [0.05, 0.1) is 11.4 Å².